The van der Waals surface area contributed by atoms with Gasteiger partial charge in [-0.15, -0.1) is 11.8 Å². The summed E-state index contributed by atoms with van der Waals surface area (Å²) in [5, 5.41) is 20.9. The summed E-state index contributed by atoms with van der Waals surface area (Å²) >= 11 is 0. The summed E-state index contributed by atoms with van der Waals surface area (Å²) in [5.41, 5.74) is 1.60. The molecule has 2 aliphatic rings. The molecule has 28 heavy (non-hydrogen) atoms. The number of fused-ring (bicyclic) bond motifs is 1. The SMILES string of the molecule is CC#CC[C@H](C)[C@H](O)/C=C/[C@@H]1[C@H]2C/C(=C/CCCCCN(C)C)C[C@H]2C[C@H]1O. The highest BCUT2D eigenvalue weighted by Gasteiger charge is 2.44. The van der Waals surface area contributed by atoms with Gasteiger partial charge in [-0.1, -0.05) is 37.1 Å². The molecule has 0 aliphatic heterocycles. The van der Waals surface area contributed by atoms with Gasteiger partial charge >= 0.3 is 0 Å². The van der Waals surface area contributed by atoms with Crippen LogP contribution in [0.25, 0.3) is 0 Å². The maximum atomic E-state index is 10.5. The molecule has 0 aromatic rings. The normalized spacial score (nSPS) is 30.6. The van der Waals surface area contributed by atoms with Gasteiger partial charge in [0.25, 0.3) is 0 Å². The first-order valence-electron chi connectivity index (χ1n) is 11.2. The van der Waals surface area contributed by atoms with Crippen molar-refractivity contribution < 1.29 is 10.2 Å². The molecule has 2 saturated carbocycles. The Hall–Kier alpha value is -1.08. The molecule has 3 nitrogen and oxygen atoms in total. The van der Waals surface area contributed by atoms with Crippen molar-refractivity contribution in [2.75, 3.05) is 20.6 Å². The van der Waals surface area contributed by atoms with E-state index in [1.54, 1.807) is 5.57 Å². The molecule has 0 spiro atoms. The van der Waals surface area contributed by atoms with E-state index in [4.69, 9.17) is 0 Å². The van der Waals surface area contributed by atoms with Crippen LogP contribution in [0.2, 0.25) is 0 Å². The molecule has 0 aromatic carbocycles. The maximum Gasteiger partial charge on any atom is 0.0755 e. The van der Waals surface area contributed by atoms with Crippen LogP contribution in [-0.4, -0.2) is 48.0 Å². The van der Waals surface area contributed by atoms with Gasteiger partial charge < -0.3 is 15.1 Å². The van der Waals surface area contributed by atoms with E-state index in [9.17, 15) is 10.2 Å². The van der Waals surface area contributed by atoms with E-state index in [2.05, 4.69) is 43.0 Å². The Morgan fingerprint density at radius 1 is 1.21 bits per heavy atom. The number of hydrogen-bond acceptors (Lipinski definition) is 3. The summed E-state index contributed by atoms with van der Waals surface area (Å²) in [6.45, 7) is 5.04. The summed E-state index contributed by atoms with van der Waals surface area (Å²) in [7, 11) is 4.27. The van der Waals surface area contributed by atoms with Crippen molar-refractivity contribution in [3.63, 3.8) is 0 Å². The molecular formula is C25H41NO2. The number of aliphatic hydroxyl groups excluding tert-OH is 2. The molecule has 0 unspecified atom stereocenters. The van der Waals surface area contributed by atoms with Crippen molar-refractivity contribution in [1.29, 1.82) is 0 Å². The lowest BCUT2D eigenvalue weighted by molar-refractivity contribution is 0.137. The first kappa shape index (κ1) is 23.2. The third kappa shape index (κ3) is 7.07. The van der Waals surface area contributed by atoms with Gasteiger partial charge in [-0.25, -0.2) is 0 Å². The zero-order valence-corrected chi connectivity index (χ0v) is 18.4. The Labute approximate surface area is 172 Å². The van der Waals surface area contributed by atoms with Gasteiger partial charge in [0, 0.05) is 12.3 Å². The number of nitrogens with zero attached hydrogens (tertiary/aromatic N) is 1. The molecule has 2 aliphatic carbocycles. The topological polar surface area (TPSA) is 43.7 Å². The van der Waals surface area contributed by atoms with E-state index in [0.29, 0.717) is 18.3 Å². The first-order chi connectivity index (χ1) is 13.4. The molecule has 0 aromatic heterocycles. The highest BCUT2D eigenvalue weighted by molar-refractivity contribution is 5.18. The van der Waals surface area contributed by atoms with Crippen LogP contribution in [0.3, 0.4) is 0 Å². The third-order valence-electron chi connectivity index (χ3n) is 6.57. The quantitative estimate of drug-likeness (QED) is 0.331. The number of allylic oxidation sites excluding steroid dienone is 2. The van der Waals surface area contributed by atoms with Gasteiger partial charge in [-0.2, -0.15) is 0 Å². The van der Waals surface area contributed by atoms with Crippen LogP contribution in [0.5, 0.6) is 0 Å². The third-order valence-corrected chi connectivity index (χ3v) is 6.57. The zero-order valence-electron chi connectivity index (χ0n) is 18.4. The lowest BCUT2D eigenvalue weighted by Crippen LogP contribution is -2.19. The van der Waals surface area contributed by atoms with Gasteiger partial charge in [-0.05, 0) is 83.8 Å². The second-order valence-corrected chi connectivity index (χ2v) is 9.21. The fourth-order valence-corrected chi connectivity index (χ4v) is 4.81. The molecular weight excluding hydrogens is 346 g/mol. The van der Waals surface area contributed by atoms with Gasteiger partial charge in [0.2, 0.25) is 0 Å². The first-order valence-corrected chi connectivity index (χ1v) is 11.2. The minimum absolute atomic E-state index is 0.129. The van der Waals surface area contributed by atoms with Gasteiger partial charge in [0.15, 0.2) is 0 Å². The van der Waals surface area contributed by atoms with Crippen LogP contribution in [0.15, 0.2) is 23.8 Å². The van der Waals surface area contributed by atoms with E-state index >= 15 is 0 Å². The monoisotopic (exact) mass is 387 g/mol. The molecule has 0 amide bonds. The standard InChI is InChI=1S/C25H41NO2/c1-5-6-11-19(2)24(27)14-13-22-23-17-20(16-21(23)18-25(22)28)12-9-7-8-10-15-26(3)4/h12-14,19,21-25,27-28H,7-11,15-18H2,1-4H3/b14-13+,20-12+/t19-,21-,22+,23-,24+,25+/m0/s1. The maximum absolute atomic E-state index is 10.5. The predicted molar refractivity (Wildman–Crippen MR) is 118 cm³/mol. The summed E-state index contributed by atoms with van der Waals surface area (Å²) in [6.07, 6.45) is 14.7. The molecule has 3 heteroatoms. The molecule has 0 bridgehead atoms. The fraction of sp³-hybridized carbons (Fsp3) is 0.760. The Morgan fingerprint density at radius 3 is 2.71 bits per heavy atom. The van der Waals surface area contributed by atoms with Gasteiger partial charge in [-0.3, -0.25) is 0 Å². The molecule has 0 radical (unpaired) electrons. The van der Waals surface area contributed by atoms with Crippen LogP contribution in [-0.2, 0) is 0 Å². The van der Waals surface area contributed by atoms with Crippen LogP contribution < -0.4 is 0 Å². The van der Waals surface area contributed by atoms with Crippen molar-refractivity contribution in [2.45, 2.75) is 77.4 Å². The number of hydrogen-bond donors (Lipinski definition) is 2. The minimum atomic E-state index is -0.481. The molecule has 2 fully saturated rings. The summed E-state index contributed by atoms with van der Waals surface area (Å²) in [6, 6.07) is 0. The summed E-state index contributed by atoms with van der Waals surface area (Å²) in [4.78, 5) is 2.25. The molecule has 6 atom stereocenters. The van der Waals surface area contributed by atoms with Gasteiger partial charge in [0.1, 0.15) is 0 Å². The number of rotatable bonds is 10. The Balaban J connectivity index is 1.81. The van der Waals surface area contributed by atoms with E-state index in [-0.39, 0.29) is 17.9 Å². The van der Waals surface area contributed by atoms with Crippen molar-refractivity contribution >= 4 is 0 Å². The molecule has 2 N–H and O–H groups in total. The van der Waals surface area contributed by atoms with E-state index in [1.807, 2.05) is 19.9 Å². The van der Waals surface area contributed by atoms with Crippen LogP contribution in [0, 0.1) is 35.5 Å². The highest BCUT2D eigenvalue weighted by Crippen LogP contribution is 2.50. The lowest BCUT2D eigenvalue weighted by atomic mass is 9.89. The second kappa shape index (κ2) is 11.8. The largest absolute Gasteiger partial charge is 0.392 e. The summed E-state index contributed by atoms with van der Waals surface area (Å²) in [5.74, 6) is 7.42. The molecule has 2 rings (SSSR count). The summed E-state index contributed by atoms with van der Waals surface area (Å²) < 4.78 is 0. The van der Waals surface area contributed by atoms with Crippen molar-refractivity contribution in [1.82, 2.24) is 4.90 Å². The Kier molecular flexibility index (Phi) is 9.79. The Bertz CT molecular complexity index is 583. The van der Waals surface area contributed by atoms with Crippen molar-refractivity contribution in [2.24, 2.45) is 23.7 Å². The van der Waals surface area contributed by atoms with Crippen LogP contribution in [0.4, 0.5) is 0 Å². The van der Waals surface area contributed by atoms with Crippen LogP contribution in [0.1, 0.15) is 65.2 Å². The number of unbranched alkanes of at least 4 members (excludes halogenated alkanes) is 3. The van der Waals surface area contributed by atoms with Crippen LogP contribution >= 0.6 is 0 Å². The number of aliphatic hydroxyl groups is 2. The second-order valence-electron chi connectivity index (χ2n) is 9.21. The van der Waals surface area contributed by atoms with Crippen molar-refractivity contribution in [3.05, 3.63) is 23.8 Å². The van der Waals surface area contributed by atoms with Crippen molar-refractivity contribution in [3.8, 4) is 11.8 Å². The molecule has 158 valence electrons. The predicted octanol–water partition coefficient (Wildman–Crippen LogP) is 4.41. The van der Waals surface area contributed by atoms with Gasteiger partial charge in [0.05, 0.1) is 12.2 Å². The molecule has 0 heterocycles. The molecule has 0 saturated heterocycles. The van der Waals surface area contributed by atoms with E-state index < -0.39 is 6.10 Å². The smallest absolute Gasteiger partial charge is 0.0755 e. The zero-order chi connectivity index (χ0) is 20.5. The fourth-order valence-electron chi connectivity index (χ4n) is 4.81. The highest BCUT2D eigenvalue weighted by atomic mass is 16.3. The van der Waals surface area contributed by atoms with E-state index in [1.165, 1.54) is 32.2 Å². The lowest BCUT2D eigenvalue weighted by Gasteiger charge is -2.19. The van der Waals surface area contributed by atoms with E-state index in [0.717, 1.165) is 19.3 Å². The Morgan fingerprint density at radius 2 is 2.00 bits per heavy atom. The average Bonchev–Trinajstić information content (AvgIpc) is 3.16. The average molecular weight is 388 g/mol. The minimum Gasteiger partial charge on any atom is -0.392 e.